The Hall–Kier alpha value is -2.61. The van der Waals surface area contributed by atoms with E-state index in [-0.39, 0.29) is 12.1 Å². The van der Waals surface area contributed by atoms with E-state index in [0.717, 1.165) is 45.1 Å². The summed E-state index contributed by atoms with van der Waals surface area (Å²) < 4.78 is 16.3. The summed E-state index contributed by atoms with van der Waals surface area (Å²) in [5.74, 6) is -0.670. The molecule has 1 aliphatic heterocycles. The van der Waals surface area contributed by atoms with Gasteiger partial charge in [-0.25, -0.2) is 9.59 Å². The van der Waals surface area contributed by atoms with Gasteiger partial charge in [0.25, 0.3) is 5.91 Å². The first-order valence-corrected chi connectivity index (χ1v) is 10.7. The highest BCUT2D eigenvalue weighted by atomic mass is 16.5. The van der Waals surface area contributed by atoms with Crippen LogP contribution < -0.4 is 15.4 Å². The number of hydrogen-bond acceptors (Lipinski definition) is 6. The molecule has 164 valence electrons. The molecular formula is C22H30N2O6. The second-order valence-corrected chi connectivity index (χ2v) is 7.82. The van der Waals surface area contributed by atoms with Crippen LogP contribution in [0.2, 0.25) is 0 Å². The van der Waals surface area contributed by atoms with Crippen molar-refractivity contribution in [2.75, 3.05) is 13.2 Å². The number of nitrogens with one attached hydrogen (secondary N) is 2. The van der Waals surface area contributed by atoms with Gasteiger partial charge < -0.3 is 19.5 Å². The van der Waals surface area contributed by atoms with E-state index in [0.29, 0.717) is 17.9 Å². The van der Waals surface area contributed by atoms with Gasteiger partial charge >= 0.3 is 12.0 Å². The highest BCUT2D eigenvalue weighted by Gasteiger charge is 2.23. The van der Waals surface area contributed by atoms with Crippen LogP contribution in [0.3, 0.4) is 0 Å². The fraction of sp³-hybridized carbons (Fsp3) is 0.591. The summed E-state index contributed by atoms with van der Waals surface area (Å²) in [4.78, 5) is 36.4. The molecule has 2 aliphatic rings. The van der Waals surface area contributed by atoms with Crippen LogP contribution in [0.1, 0.15) is 62.2 Å². The zero-order valence-electron chi connectivity index (χ0n) is 17.4. The molecule has 8 heteroatoms. The van der Waals surface area contributed by atoms with E-state index in [1.807, 2.05) is 0 Å². The standard InChI is InChI=1S/C22H30N2O6/c1-15(20(25)24-22(27)23-17-6-3-2-4-7-17)30-21(26)16-9-11-18(12-10-16)29-14-19-8-5-13-28-19/h9-12,15,17,19H,2-8,13-14H2,1H3,(H2,23,24,25,27)/t15-,19+/m1/s1. The molecule has 0 aromatic heterocycles. The van der Waals surface area contributed by atoms with Gasteiger partial charge in [0, 0.05) is 12.6 Å². The molecule has 1 heterocycles. The average Bonchev–Trinajstić information content (AvgIpc) is 3.27. The summed E-state index contributed by atoms with van der Waals surface area (Å²) in [6.45, 7) is 2.68. The fourth-order valence-corrected chi connectivity index (χ4v) is 3.62. The molecule has 3 amide bonds. The smallest absolute Gasteiger partial charge is 0.338 e. The second kappa shape index (κ2) is 11.0. The van der Waals surface area contributed by atoms with Crippen molar-refractivity contribution in [1.29, 1.82) is 0 Å². The number of urea groups is 1. The number of imide groups is 1. The lowest BCUT2D eigenvalue weighted by atomic mass is 9.96. The largest absolute Gasteiger partial charge is 0.491 e. The van der Waals surface area contributed by atoms with Crippen LogP contribution in [0.25, 0.3) is 0 Å². The Balaban J connectivity index is 1.41. The number of amides is 3. The first-order chi connectivity index (χ1) is 14.5. The Labute approximate surface area is 176 Å². The van der Waals surface area contributed by atoms with Gasteiger partial charge in [-0.15, -0.1) is 0 Å². The predicted molar refractivity (Wildman–Crippen MR) is 109 cm³/mol. The Morgan fingerprint density at radius 3 is 2.47 bits per heavy atom. The van der Waals surface area contributed by atoms with Crippen LogP contribution >= 0.6 is 0 Å². The van der Waals surface area contributed by atoms with E-state index < -0.39 is 24.0 Å². The van der Waals surface area contributed by atoms with Crippen molar-refractivity contribution in [1.82, 2.24) is 10.6 Å². The lowest BCUT2D eigenvalue weighted by molar-refractivity contribution is -0.127. The van der Waals surface area contributed by atoms with Crippen molar-refractivity contribution in [3.63, 3.8) is 0 Å². The number of hydrogen-bond donors (Lipinski definition) is 2. The van der Waals surface area contributed by atoms with E-state index in [1.54, 1.807) is 24.3 Å². The molecule has 0 spiro atoms. The Morgan fingerprint density at radius 1 is 1.07 bits per heavy atom. The van der Waals surface area contributed by atoms with Crippen LogP contribution in [0, 0.1) is 0 Å². The number of rotatable bonds is 7. The van der Waals surface area contributed by atoms with E-state index in [4.69, 9.17) is 14.2 Å². The minimum absolute atomic E-state index is 0.0883. The van der Waals surface area contributed by atoms with Crippen LogP contribution in [-0.4, -0.2) is 49.4 Å². The minimum atomic E-state index is -1.09. The van der Waals surface area contributed by atoms with E-state index in [1.165, 1.54) is 13.3 Å². The molecule has 3 rings (SSSR count). The monoisotopic (exact) mass is 418 g/mol. The third-order valence-electron chi connectivity index (χ3n) is 5.38. The van der Waals surface area contributed by atoms with Crippen LogP contribution in [0.15, 0.2) is 24.3 Å². The first kappa shape index (κ1) is 22.1. The van der Waals surface area contributed by atoms with Crippen molar-refractivity contribution in [2.24, 2.45) is 0 Å². The van der Waals surface area contributed by atoms with Gasteiger partial charge in [-0.2, -0.15) is 0 Å². The maximum Gasteiger partial charge on any atom is 0.338 e. The lowest BCUT2D eigenvalue weighted by Crippen LogP contribution is -2.48. The molecule has 2 atom stereocenters. The summed E-state index contributed by atoms with van der Waals surface area (Å²) in [5.41, 5.74) is 0.297. The third-order valence-corrected chi connectivity index (χ3v) is 5.38. The molecule has 2 fully saturated rings. The fourth-order valence-electron chi connectivity index (χ4n) is 3.62. The Bertz CT molecular complexity index is 724. The van der Waals surface area contributed by atoms with Crippen molar-refractivity contribution in [2.45, 2.75) is 70.1 Å². The van der Waals surface area contributed by atoms with Gasteiger partial charge in [-0.3, -0.25) is 10.1 Å². The first-order valence-electron chi connectivity index (χ1n) is 10.7. The number of ether oxygens (including phenoxy) is 3. The zero-order valence-corrected chi connectivity index (χ0v) is 17.4. The maximum atomic E-state index is 12.3. The van der Waals surface area contributed by atoms with Gasteiger partial charge in [-0.05, 0) is 56.9 Å². The van der Waals surface area contributed by atoms with E-state index in [9.17, 15) is 14.4 Å². The molecule has 30 heavy (non-hydrogen) atoms. The molecule has 2 N–H and O–H groups in total. The topological polar surface area (TPSA) is 103 Å². The molecule has 1 aromatic rings. The van der Waals surface area contributed by atoms with Crippen LogP contribution in [0.5, 0.6) is 5.75 Å². The molecule has 0 radical (unpaired) electrons. The van der Waals surface area contributed by atoms with Crippen molar-refractivity contribution in [3.8, 4) is 5.75 Å². The van der Waals surface area contributed by atoms with Crippen molar-refractivity contribution in [3.05, 3.63) is 29.8 Å². The summed E-state index contributed by atoms with van der Waals surface area (Å²) in [7, 11) is 0. The third kappa shape index (κ3) is 6.73. The summed E-state index contributed by atoms with van der Waals surface area (Å²) >= 11 is 0. The van der Waals surface area contributed by atoms with Crippen molar-refractivity contribution < 1.29 is 28.6 Å². The number of carbonyl (C=O) groups excluding carboxylic acids is 3. The van der Waals surface area contributed by atoms with Gasteiger partial charge in [-0.1, -0.05) is 19.3 Å². The Kier molecular flexibility index (Phi) is 8.07. The lowest BCUT2D eigenvalue weighted by Gasteiger charge is -2.23. The summed E-state index contributed by atoms with van der Waals surface area (Å²) in [5, 5.41) is 5.03. The average molecular weight is 418 g/mol. The quantitative estimate of drug-likeness (QED) is 0.660. The molecule has 0 unspecified atom stereocenters. The highest BCUT2D eigenvalue weighted by molar-refractivity contribution is 5.98. The molecule has 1 saturated carbocycles. The van der Waals surface area contributed by atoms with Crippen LogP contribution in [0.4, 0.5) is 4.79 Å². The molecular weight excluding hydrogens is 388 g/mol. The maximum absolute atomic E-state index is 12.3. The van der Waals surface area contributed by atoms with Crippen LogP contribution in [-0.2, 0) is 14.3 Å². The number of benzene rings is 1. The normalized spacial score (nSPS) is 20.2. The molecule has 1 saturated heterocycles. The summed E-state index contributed by atoms with van der Waals surface area (Å²) in [6.07, 6.45) is 6.22. The predicted octanol–water partition coefficient (Wildman–Crippen LogP) is 2.95. The minimum Gasteiger partial charge on any atom is -0.491 e. The number of carbonyl (C=O) groups is 3. The Morgan fingerprint density at radius 2 is 1.80 bits per heavy atom. The van der Waals surface area contributed by atoms with Gasteiger partial charge in [0.15, 0.2) is 6.10 Å². The molecule has 1 aromatic carbocycles. The molecule has 8 nitrogen and oxygen atoms in total. The zero-order chi connectivity index (χ0) is 21.3. The highest BCUT2D eigenvalue weighted by Crippen LogP contribution is 2.18. The summed E-state index contributed by atoms with van der Waals surface area (Å²) in [6, 6.07) is 6.04. The van der Waals surface area contributed by atoms with E-state index >= 15 is 0 Å². The van der Waals surface area contributed by atoms with Gasteiger partial charge in [0.2, 0.25) is 0 Å². The van der Waals surface area contributed by atoms with Gasteiger partial charge in [0.1, 0.15) is 12.4 Å². The van der Waals surface area contributed by atoms with Gasteiger partial charge in [0.05, 0.1) is 11.7 Å². The SMILES string of the molecule is C[C@@H](OC(=O)c1ccc(OC[C@@H]2CCCO2)cc1)C(=O)NC(=O)NC1CCCCC1. The second-order valence-electron chi connectivity index (χ2n) is 7.82. The molecule has 1 aliphatic carbocycles. The van der Waals surface area contributed by atoms with Crippen molar-refractivity contribution >= 4 is 17.9 Å². The van der Waals surface area contributed by atoms with E-state index in [2.05, 4.69) is 10.6 Å². The molecule has 0 bridgehead atoms. The number of esters is 1.